The summed E-state index contributed by atoms with van der Waals surface area (Å²) in [4.78, 5) is 28.0. The van der Waals surface area contributed by atoms with Gasteiger partial charge in [-0.05, 0) is 31.4 Å². The predicted octanol–water partition coefficient (Wildman–Crippen LogP) is 3.94. The normalized spacial score (nSPS) is 26.4. The molecule has 3 fully saturated rings. The van der Waals surface area contributed by atoms with Gasteiger partial charge < -0.3 is 14.5 Å². The number of carbonyl (C=O) groups excluding carboxylic acids is 2. The van der Waals surface area contributed by atoms with Gasteiger partial charge in [-0.2, -0.15) is 0 Å². The highest BCUT2D eigenvalue weighted by molar-refractivity contribution is 6.30. The van der Waals surface area contributed by atoms with E-state index in [2.05, 4.69) is 0 Å². The molecular formula is C21H25ClF2N2O3. The van der Waals surface area contributed by atoms with E-state index in [1.54, 1.807) is 9.80 Å². The molecule has 3 aliphatic heterocycles. The summed E-state index contributed by atoms with van der Waals surface area (Å²) >= 11 is 5.81. The number of Topliss-reactive ketones (excluding diaryl/α,β-unsaturated/α-hetero) is 1. The van der Waals surface area contributed by atoms with Gasteiger partial charge >= 0.3 is 6.03 Å². The Bertz CT molecular complexity index is 766. The van der Waals surface area contributed by atoms with Gasteiger partial charge in [0.2, 0.25) is 0 Å². The summed E-state index contributed by atoms with van der Waals surface area (Å²) in [7, 11) is 0. The fraction of sp³-hybridized carbons (Fsp3) is 0.619. The molecule has 5 nitrogen and oxygen atoms in total. The van der Waals surface area contributed by atoms with E-state index in [4.69, 9.17) is 16.3 Å². The highest BCUT2D eigenvalue weighted by atomic mass is 35.5. The molecule has 3 saturated heterocycles. The second-order valence-corrected chi connectivity index (χ2v) is 8.70. The van der Waals surface area contributed by atoms with Crippen LogP contribution in [0.3, 0.4) is 0 Å². The van der Waals surface area contributed by atoms with Crippen molar-refractivity contribution in [2.45, 2.75) is 37.7 Å². The van der Waals surface area contributed by atoms with E-state index in [1.807, 2.05) is 0 Å². The SMILES string of the molecule is O=C1CO[C@H]2CCN(C(=O)N3CCC(C(F)(F)c4ccc(Cl)cc4)CC3)C[C@H]2C1. The molecule has 1 aromatic carbocycles. The number of urea groups is 1. The summed E-state index contributed by atoms with van der Waals surface area (Å²) < 4.78 is 35.3. The Morgan fingerprint density at radius 1 is 1.07 bits per heavy atom. The monoisotopic (exact) mass is 426 g/mol. The van der Waals surface area contributed by atoms with Crippen molar-refractivity contribution < 1.29 is 23.1 Å². The maximum absolute atomic E-state index is 14.9. The highest BCUT2D eigenvalue weighted by Gasteiger charge is 2.44. The van der Waals surface area contributed by atoms with Crippen LogP contribution >= 0.6 is 11.6 Å². The number of benzene rings is 1. The molecule has 29 heavy (non-hydrogen) atoms. The summed E-state index contributed by atoms with van der Waals surface area (Å²) in [6.07, 6.45) is 1.71. The Morgan fingerprint density at radius 2 is 1.72 bits per heavy atom. The molecule has 2 amide bonds. The molecule has 1 aromatic rings. The number of ketones is 1. The molecule has 3 heterocycles. The third kappa shape index (κ3) is 4.26. The standard InChI is InChI=1S/C21H25ClF2N2O3/c22-17-3-1-15(2-4-17)21(23,24)16-5-8-25(9-6-16)20(28)26-10-7-19-14(12-26)11-18(27)13-29-19/h1-4,14,16,19H,5-13H2/t14-,19+/m1/s1. The van der Waals surface area contributed by atoms with Crippen molar-refractivity contribution in [2.24, 2.45) is 11.8 Å². The lowest BCUT2D eigenvalue weighted by atomic mass is 9.86. The third-order valence-electron chi connectivity index (χ3n) is 6.39. The minimum atomic E-state index is -2.95. The molecular weight excluding hydrogens is 402 g/mol. The smallest absolute Gasteiger partial charge is 0.320 e. The molecule has 0 spiro atoms. The quantitative estimate of drug-likeness (QED) is 0.719. The van der Waals surface area contributed by atoms with Crippen molar-refractivity contribution in [2.75, 3.05) is 32.8 Å². The van der Waals surface area contributed by atoms with Crippen LogP contribution in [-0.4, -0.2) is 60.5 Å². The number of rotatable bonds is 2. The third-order valence-corrected chi connectivity index (χ3v) is 6.64. The van der Waals surface area contributed by atoms with Crippen LogP contribution in [-0.2, 0) is 15.5 Å². The zero-order valence-corrected chi connectivity index (χ0v) is 16.9. The van der Waals surface area contributed by atoms with Crippen molar-refractivity contribution >= 4 is 23.4 Å². The minimum Gasteiger partial charge on any atom is -0.370 e. The Hall–Kier alpha value is -1.73. The minimum absolute atomic E-state index is 0.0317. The van der Waals surface area contributed by atoms with Gasteiger partial charge in [-0.15, -0.1) is 0 Å². The molecule has 0 saturated carbocycles. The lowest BCUT2D eigenvalue weighted by Crippen LogP contribution is -2.55. The number of alkyl halides is 2. The molecule has 0 N–H and O–H groups in total. The fourth-order valence-corrected chi connectivity index (χ4v) is 4.82. The summed E-state index contributed by atoms with van der Waals surface area (Å²) in [6.45, 7) is 1.87. The summed E-state index contributed by atoms with van der Waals surface area (Å²) in [5.74, 6) is -3.63. The van der Waals surface area contributed by atoms with Crippen LogP contribution in [0.4, 0.5) is 13.6 Å². The van der Waals surface area contributed by atoms with Crippen LogP contribution in [0.5, 0.6) is 0 Å². The first kappa shape index (κ1) is 20.5. The molecule has 158 valence electrons. The second kappa shape index (κ2) is 8.19. The Morgan fingerprint density at radius 3 is 2.41 bits per heavy atom. The lowest BCUT2D eigenvalue weighted by molar-refractivity contribution is -0.140. The van der Waals surface area contributed by atoms with E-state index in [0.717, 1.165) is 6.42 Å². The van der Waals surface area contributed by atoms with Crippen LogP contribution in [0.25, 0.3) is 0 Å². The van der Waals surface area contributed by atoms with Crippen LogP contribution < -0.4 is 0 Å². The van der Waals surface area contributed by atoms with E-state index >= 15 is 0 Å². The van der Waals surface area contributed by atoms with Crippen molar-refractivity contribution in [3.63, 3.8) is 0 Å². The van der Waals surface area contributed by atoms with Crippen molar-refractivity contribution in [3.05, 3.63) is 34.9 Å². The number of nitrogens with zero attached hydrogens (tertiary/aromatic N) is 2. The molecule has 0 aliphatic carbocycles. The average Bonchev–Trinajstić information content (AvgIpc) is 2.73. The number of fused-ring (bicyclic) bond motifs is 1. The van der Waals surface area contributed by atoms with E-state index in [1.165, 1.54) is 24.3 Å². The first-order valence-electron chi connectivity index (χ1n) is 10.2. The average molecular weight is 427 g/mol. The summed E-state index contributed by atoms with van der Waals surface area (Å²) in [5, 5.41) is 0.429. The van der Waals surface area contributed by atoms with E-state index in [0.29, 0.717) is 37.6 Å². The molecule has 0 radical (unpaired) electrons. The zero-order chi connectivity index (χ0) is 20.6. The second-order valence-electron chi connectivity index (χ2n) is 8.26. The number of ether oxygens (including phenoxy) is 1. The molecule has 4 rings (SSSR count). The number of amides is 2. The molecule has 3 aliphatic rings. The highest BCUT2D eigenvalue weighted by Crippen LogP contribution is 2.42. The van der Waals surface area contributed by atoms with Crippen LogP contribution in [0.1, 0.15) is 31.2 Å². The van der Waals surface area contributed by atoms with Crippen LogP contribution in [0.15, 0.2) is 24.3 Å². The molecule has 0 bridgehead atoms. The van der Waals surface area contributed by atoms with E-state index < -0.39 is 11.8 Å². The number of halogens is 3. The lowest BCUT2D eigenvalue weighted by Gasteiger charge is -2.43. The van der Waals surface area contributed by atoms with Gasteiger partial charge in [-0.25, -0.2) is 13.6 Å². The van der Waals surface area contributed by atoms with Gasteiger partial charge in [0, 0.05) is 55.0 Å². The fourth-order valence-electron chi connectivity index (χ4n) is 4.69. The Balaban J connectivity index is 1.34. The molecule has 0 aromatic heterocycles. The summed E-state index contributed by atoms with van der Waals surface area (Å²) in [6, 6.07) is 5.59. The maximum atomic E-state index is 14.9. The van der Waals surface area contributed by atoms with Gasteiger partial charge in [0.15, 0.2) is 5.78 Å². The van der Waals surface area contributed by atoms with Crippen LogP contribution in [0, 0.1) is 11.8 Å². The largest absolute Gasteiger partial charge is 0.370 e. The van der Waals surface area contributed by atoms with Gasteiger partial charge in [0.1, 0.15) is 6.61 Å². The molecule has 8 heteroatoms. The number of hydrogen-bond acceptors (Lipinski definition) is 3. The van der Waals surface area contributed by atoms with E-state index in [-0.39, 0.29) is 48.8 Å². The van der Waals surface area contributed by atoms with E-state index in [9.17, 15) is 18.4 Å². The predicted molar refractivity (Wildman–Crippen MR) is 104 cm³/mol. The number of carbonyl (C=O) groups is 2. The first-order valence-corrected chi connectivity index (χ1v) is 10.5. The molecule has 0 unspecified atom stereocenters. The zero-order valence-electron chi connectivity index (χ0n) is 16.2. The van der Waals surface area contributed by atoms with Crippen molar-refractivity contribution in [3.8, 4) is 0 Å². The Labute approximate surface area is 173 Å². The van der Waals surface area contributed by atoms with Gasteiger partial charge in [0.25, 0.3) is 5.92 Å². The number of hydrogen-bond donors (Lipinski definition) is 0. The molecule has 2 atom stereocenters. The van der Waals surface area contributed by atoms with Gasteiger partial charge in [-0.1, -0.05) is 23.7 Å². The Kier molecular flexibility index (Phi) is 5.80. The van der Waals surface area contributed by atoms with Gasteiger partial charge in [0.05, 0.1) is 6.10 Å². The maximum Gasteiger partial charge on any atom is 0.320 e. The number of likely N-dealkylation sites (tertiary alicyclic amines) is 2. The van der Waals surface area contributed by atoms with Gasteiger partial charge in [-0.3, -0.25) is 4.79 Å². The first-order chi connectivity index (χ1) is 13.8. The summed E-state index contributed by atoms with van der Waals surface area (Å²) in [5.41, 5.74) is -0.0317. The number of piperidine rings is 2. The van der Waals surface area contributed by atoms with Crippen molar-refractivity contribution in [1.29, 1.82) is 0 Å². The topological polar surface area (TPSA) is 49.9 Å². The van der Waals surface area contributed by atoms with Crippen molar-refractivity contribution in [1.82, 2.24) is 9.80 Å². The van der Waals surface area contributed by atoms with Crippen LogP contribution in [0.2, 0.25) is 5.02 Å².